The number of hydrogen-bond acceptors (Lipinski definition) is 5. The van der Waals surface area contributed by atoms with E-state index in [0.717, 1.165) is 11.3 Å². The fourth-order valence-corrected chi connectivity index (χ4v) is 2.11. The van der Waals surface area contributed by atoms with E-state index < -0.39 is 23.9 Å². The van der Waals surface area contributed by atoms with Gasteiger partial charge in [-0.2, -0.15) is 0 Å². The first-order valence-corrected chi connectivity index (χ1v) is 6.70. The maximum atomic E-state index is 11.6. The van der Waals surface area contributed by atoms with E-state index in [2.05, 4.69) is 15.6 Å². The van der Waals surface area contributed by atoms with Crippen molar-refractivity contribution in [1.29, 1.82) is 0 Å². The average molecular weight is 300 g/mol. The molecule has 1 atom stereocenters. The molecular weight excluding hydrogens is 284 g/mol. The van der Waals surface area contributed by atoms with Crippen LogP contribution in [0.25, 0.3) is 0 Å². The second-order valence-electron chi connectivity index (χ2n) is 4.38. The van der Waals surface area contributed by atoms with Crippen LogP contribution in [0.1, 0.15) is 29.3 Å². The Morgan fingerprint density at radius 3 is 2.55 bits per heavy atom. The van der Waals surface area contributed by atoms with Crippen molar-refractivity contribution in [1.82, 2.24) is 15.6 Å². The zero-order valence-corrected chi connectivity index (χ0v) is 11.9. The Morgan fingerprint density at radius 1 is 1.45 bits per heavy atom. The Morgan fingerprint density at radius 2 is 2.10 bits per heavy atom. The molecule has 0 aliphatic rings. The average Bonchev–Trinajstić information content (AvgIpc) is 2.81. The van der Waals surface area contributed by atoms with Crippen LogP contribution in [0, 0.1) is 5.92 Å². The number of aromatic carboxylic acids is 1. The van der Waals surface area contributed by atoms with Crippen molar-refractivity contribution in [3.63, 3.8) is 0 Å². The number of rotatable bonds is 6. The van der Waals surface area contributed by atoms with E-state index >= 15 is 0 Å². The van der Waals surface area contributed by atoms with Crippen LogP contribution in [-0.4, -0.2) is 34.0 Å². The maximum absolute atomic E-state index is 11.6. The van der Waals surface area contributed by atoms with E-state index in [-0.39, 0.29) is 18.2 Å². The number of nitrogens with zero attached hydrogens (tertiary/aromatic N) is 1. The molecule has 0 saturated carbocycles. The molecule has 1 heterocycles. The molecule has 0 aromatic carbocycles. The summed E-state index contributed by atoms with van der Waals surface area (Å²) in [5, 5.41) is 15.5. The summed E-state index contributed by atoms with van der Waals surface area (Å²) in [6.07, 6.45) is 0. The van der Waals surface area contributed by atoms with E-state index in [4.69, 9.17) is 10.8 Å². The van der Waals surface area contributed by atoms with Crippen molar-refractivity contribution in [3.05, 3.63) is 16.1 Å². The third-order valence-corrected chi connectivity index (χ3v) is 3.28. The monoisotopic (exact) mass is 300 g/mol. The minimum Gasteiger partial charge on any atom is -0.476 e. The lowest BCUT2D eigenvalue weighted by molar-refractivity contribution is -0.120. The molecule has 0 bridgehead atoms. The Hall–Kier alpha value is -2.16. The topological polar surface area (TPSA) is 134 Å². The smallest absolute Gasteiger partial charge is 0.355 e. The number of carbonyl (C=O) groups is 3. The quantitative estimate of drug-likeness (QED) is 0.593. The molecule has 8 nitrogen and oxygen atoms in total. The molecule has 1 aromatic rings. The highest BCUT2D eigenvalue weighted by atomic mass is 32.1. The SMILES string of the molecule is CC(C)C(NC(=O)NCc1nc(C(=O)O)cs1)C(N)=O. The fraction of sp³-hybridized carbons (Fsp3) is 0.455. The van der Waals surface area contributed by atoms with Gasteiger partial charge >= 0.3 is 12.0 Å². The predicted molar refractivity (Wildman–Crippen MR) is 72.3 cm³/mol. The molecule has 0 aliphatic heterocycles. The summed E-state index contributed by atoms with van der Waals surface area (Å²) >= 11 is 1.13. The molecule has 0 radical (unpaired) electrons. The first-order chi connectivity index (χ1) is 9.31. The van der Waals surface area contributed by atoms with Crippen molar-refractivity contribution < 1.29 is 19.5 Å². The molecule has 20 heavy (non-hydrogen) atoms. The molecule has 0 fully saturated rings. The standard InChI is InChI=1S/C11H16N4O4S/c1-5(2)8(9(12)16)15-11(19)13-3-7-14-6(4-20-7)10(17)18/h4-5,8H,3H2,1-2H3,(H2,12,16)(H,17,18)(H2,13,15,19). The van der Waals surface area contributed by atoms with Gasteiger partial charge in [0, 0.05) is 5.38 Å². The van der Waals surface area contributed by atoms with Crippen molar-refractivity contribution in [3.8, 4) is 0 Å². The summed E-state index contributed by atoms with van der Waals surface area (Å²) in [7, 11) is 0. The molecule has 0 spiro atoms. The number of thiazole rings is 1. The van der Waals surface area contributed by atoms with Gasteiger partial charge in [0.25, 0.3) is 0 Å². The number of amides is 3. The number of nitrogens with two attached hydrogens (primary N) is 1. The van der Waals surface area contributed by atoms with Crippen LogP contribution in [0.3, 0.4) is 0 Å². The molecule has 1 aromatic heterocycles. The number of aromatic nitrogens is 1. The fourth-order valence-electron chi connectivity index (χ4n) is 1.40. The molecule has 0 saturated heterocycles. The van der Waals surface area contributed by atoms with Crippen LogP contribution in [0.4, 0.5) is 4.79 Å². The van der Waals surface area contributed by atoms with Gasteiger partial charge in [-0.3, -0.25) is 4.79 Å². The first kappa shape index (κ1) is 15.9. The van der Waals surface area contributed by atoms with Gasteiger partial charge in [-0.1, -0.05) is 13.8 Å². The molecule has 110 valence electrons. The highest BCUT2D eigenvalue weighted by molar-refractivity contribution is 7.09. The summed E-state index contributed by atoms with van der Waals surface area (Å²) < 4.78 is 0. The van der Waals surface area contributed by atoms with Crippen LogP contribution in [0.2, 0.25) is 0 Å². The molecular formula is C11H16N4O4S. The third kappa shape index (κ3) is 4.50. The Kier molecular flexibility index (Phi) is 5.44. The van der Waals surface area contributed by atoms with E-state index in [9.17, 15) is 14.4 Å². The largest absolute Gasteiger partial charge is 0.476 e. The lowest BCUT2D eigenvalue weighted by Crippen LogP contribution is -2.50. The van der Waals surface area contributed by atoms with Gasteiger partial charge in [0.2, 0.25) is 5.91 Å². The van der Waals surface area contributed by atoms with E-state index in [1.54, 1.807) is 13.8 Å². The zero-order valence-electron chi connectivity index (χ0n) is 11.0. The van der Waals surface area contributed by atoms with Crippen molar-refractivity contribution in [2.75, 3.05) is 0 Å². The number of carbonyl (C=O) groups excluding carboxylic acids is 2. The summed E-state index contributed by atoms with van der Waals surface area (Å²) in [6, 6.07) is -1.32. The lowest BCUT2D eigenvalue weighted by atomic mass is 10.0. The number of urea groups is 1. The van der Waals surface area contributed by atoms with Gasteiger partial charge in [0.1, 0.15) is 11.0 Å². The normalized spacial score (nSPS) is 11.9. The first-order valence-electron chi connectivity index (χ1n) is 5.82. The van der Waals surface area contributed by atoms with E-state index in [1.165, 1.54) is 5.38 Å². The third-order valence-electron chi connectivity index (χ3n) is 2.43. The van der Waals surface area contributed by atoms with E-state index in [0.29, 0.717) is 5.01 Å². The van der Waals surface area contributed by atoms with Crippen LogP contribution >= 0.6 is 11.3 Å². The Bertz CT molecular complexity index is 514. The van der Waals surface area contributed by atoms with Crippen LogP contribution < -0.4 is 16.4 Å². The molecule has 1 unspecified atom stereocenters. The van der Waals surface area contributed by atoms with Crippen LogP contribution in [-0.2, 0) is 11.3 Å². The van der Waals surface area contributed by atoms with Gasteiger partial charge in [-0.15, -0.1) is 11.3 Å². The number of hydrogen-bond donors (Lipinski definition) is 4. The molecule has 1 rings (SSSR count). The van der Waals surface area contributed by atoms with Crippen molar-refractivity contribution in [2.45, 2.75) is 26.4 Å². The number of carboxylic acid groups (broad SMARTS) is 1. The minimum absolute atomic E-state index is 0.0654. The van der Waals surface area contributed by atoms with Crippen LogP contribution in [0.5, 0.6) is 0 Å². The molecule has 5 N–H and O–H groups in total. The zero-order chi connectivity index (χ0) is 15.3. The molecule has 3 amide bonds. The summed E-state index contributed by atoms with van der Waals surface area (Å²) in [5.41, 5.74) is 5.11. The number of nitrogens with one attached hydrogen (secondary N) is 2. The van der Waals surface area contributed by atoms with E-state index in [1.807, 2.05) is 0 Å². The second kappa shape index (κ2) is 6.85. The number of primary amides is 1. The van der Waals surface area contributed by atoms with Gasteiger partial charge in [-0.25, -0.2) is 14.6 Å². The Labute approximate surface area is 119 Å². The maximum Gasteiger partial charge on any atom is 0.355 e. The van der Waals surface area contributed by atoms with Gasteiger partial charge < -0.3 is 21.5 Å². The van der Waals surface area contributed by atoms with Gasteiger partial charge in [-0.05, 0) is 5.92 Å². The highest BCUT2D eigenvalue weighted by Crippen LogP contribution is 2.09. The van der Waals surface area contributed by atoms with Gasteiger partial charge in [0.15, 0.2) is 5.69 Å². The molecule has 0 aliphatic carbocycles. The Balaban J connectivity index is 2.50. The van der Waals surface area contributed by atoms with Gasteiger partial charge in [0.05, 0.1) is 6.54 Å². The minimum atomic E-state index is -1.12. The lowest BCUT2D eigenvalue weighted by Gasteiger charge is -2.18. The molecule has 9 heteroatoms. The summed E-state index contributed by atoms with van der Waals surface area (Å²) in [6.45, 7) is 3.60. The highest BCUT2D eigenvalue weighted by Gasteiger charge is 2.21. The summed E-state index contributed by atoms with van der Waals surface area (Å²) in [4.78, 5) is 37.2. The van der Waals surface area contributed by atoms with Crippen molar-refractivity contribution in [2.24, 2.45) is 11.7 Å². The van der Waals surface area contributed by atoms with Crippen molar-refractivity contribution >= 4 is 29.2 Å². The number of carboxylic acids is 1. The predicted octanol–water partition coefficient (Wildman–Crippen LogP) is 0.150. The second-order valence-corrected chi connectivity index (χ2v) is 5.33. The van der Waals surface area contributed by atoms with Crippen LogP contribution in [0.15, 0.2) is 5.38 Å². The summed E-state index contributed by atoms with van der Waals surface area (Å²) in [5.74, 6) is -1.86.